The van der Waals surface area contributed by atoms with E-state index in [1.165, 1.54) is 6.42 Å². The Hall–Kier alpha value is -5.58. The molecule has 0 aromatic rings. The first-order valence-corrected chi connectivity index (χ1v) is 41.4. The summed E-state index contributed by atoms with van der Waals surface area (Å²) in [6.45, 7) is 4.32. The van der Waals surface area contributed by atoms with Crippen molar-refractivity contribution in [1.82, 2.24) is 0 Å². The van der Waals surface area contributed by atoms with Gasteiger partial charge < -0.3 is 33.8 Å². The molecule has 0 aliphatic rings. The average Bonchev–Trinajstić information content (AvgIpc) is 0.926. The van der Waals surface area contributed by atoms with Gasteiger partial charge in [0.2, 0.25) is 0 Å². The van der Waals surface area contributed by atoms with Crippen LogP contribution in [0.5, 0.6) is 0 Å². The maximum Gasteiger partial charge on any atom is 0.472 e. The molecule has 0 amide bonds. The number of phosphoric acid groups is 2. The summed E-state index contributed by atoms with van der Waals surface area (Å²) in [5.41, 5.74) is 0. The van der Waals surface area contributed by atoms with Gasteiger partial charge in [-0.1, -0.05) is 256 Å². The molecule has 0 spiro atoms. The Balaban J connectivity index is 5.43. The van der Waals surface area contributed by atoms with E-state index in [0.717, 1.165) is 173 Å². The molecule has 0 fully saturated rings. The van der Waals surface area contributed by atoms with Crippen LogP contribution in [0.15, 0.2) is 170 Å². The van der Waals surface area contributed by atoms with Crippen LogP contribution < -0.4 is 0 Å². The fraction of sp³-hybridized carbons (Fsp3) is 0.614. The quantitative estimate of drug-likeness (QED) is 0.0169. The van der Waals surface area contributed by atoms with Crippen LogP contribution in [0.2, 0.25) is 0 Å². The zero-order valence-corrected chi connectivity index (χ0v) is 64.8. The highest BCUT2D eigenvalue weighted by atomic mass is 31.2. The average molecular weight is 1470 g/mol. The second-order valence-electron chi connectivity index (χ2n) is 24.8. The summed E-state index contributed by atoms with van der Waals surface area (Å²) >= 11 is 0. The van der Waals surface area contributed by atoms with E-state index in [0.29, 0.717) is 38.5 Å². The van der Waals surface area contributed by atoms with Gasteiger partial charge in [-0.05, 0) is 161 Å². The Kier molecular flexibility index (Phi) is 69.7. The maximum atomic E-state index is 13.1. The Morgan fingerprint density at radius 2 is 0.520 bits per heavy atom. The molecule has 5 atom stereocenters. The predicted octanol–water partition coefficient (Wildman–Crippen LogP) is 22.2. The number of aliphatic hydroxyl groups is 1. The van der Waals surface area contributed by atoms with Gasteiger partial charge in [-0.15, -0.1) is 0 Å². The first kappa shape index (κ1) is 96.4. The van der Waals surface area contributed by atoms with Gasteiger partial charge in [-0.2, -0.15) is 0 Å². The van der Waals surface area contributed by atoms with Crippen LogP contribution in [0.1, 0.15) is 272 Å². The zero-order chi connectivity index (χ0) is 74.6. The largest absolute Gasteiger partial charge is 0.472 e. The van der Waals surface area contributed by atoms with Gasteiger partial charge in [-0.25, -0.2) is 9.13 Å². The lowest BCUT2D eigenvalue weighted by Crippen LogP contribution is -2.30. The predicted molar refractivity (Wildman–Crippen MR) is 417 cm³/mol. The highest BCUT2D eigenvalue weighted by Gasteiger charge is 2.30. The van der Waals surface area contributed by atoms with Gasteiger partial charge in [0.1, 0.15) is 19.3 Å². The summed E-state index contributed by atoms with van der Waals surface area (Å²) in [6.07, 6.45) is 86.5. The van der Waals surface area contributed by atoms with E-state index < -0.39 is 97.5 Å². The molecular weight excluding hydrogens is 1330 g/mol. The minimum absolute atomic E-state index is 0.0318. The van der Waals surface area contributed by atoms with Crippen molar-refractivity contribution in [2.75, 3.05) is 39.6 Å². The van der Waals surface area contributed by atoms with E-state index in [2.05, 4.69) is 186 Å². The maximum absolute atomic E-state index is 13.1. The van der Waals surface area contributed by atoms with Crippen molar-refractivity contribution in [3.05, 3.63) is 170 Å². The zero-order valence-electron chi connectivity index (χ0n) is 63.0. The van der Waals surface area contributed by atoms with Crippen LogP contribution in [0.25, 0.3) is 0 Å². The van der Waals surface area contributed by atoms with E-state index in [1.807, 2.05) is 12.2 Å². The van der Waals surface area contributed by atoms with Crippen LogP contribution in [0.4, 0.5) is 0 Å². The number of aliphatic hydroxyl groups excluding tert-OH is 1. The summed E-state index contributed by atoms with van der Waals surface area (Å²) < 4.78 is 68.3. The fourth-order valence-electron chi connectivity index (χ4n) is 9.39. The molecule has 19 heteroatoms. The monoisotopic (exact) mass is 1460 g/mol. The van der Waals surface area contributed by atoms with Crippen LogP contribution >= 0.6 is 15.6 Å². The van der Waals surface area contributed by atoms with Crippen LogP contribution in [-0.4, -0.2) is 96.7 Å². The number of carbonyl (C=O) groups excluding carboxylic acids is 4. The van der Waals surface area contributed by atoms with Crippen molar-refractivity contribution >= 4 is 39.5 Å². The summed E-state index contributed by atoms with van der Waals surface area (Å²) in [4.78, 5) is 72.8. The normalized spacial score (nSPS) is 14.9. The van der Waals surface area contributed by atoms with Gasteiger partial charge in [0.15, 0.2) is 12.2 Å². The number of ether oxygens (including phenoxy) is 4. The molecule has 0 bridgehead atoms. The summed E-state index contributed by atoms with van der Waals surface area (Å²) in [5, 5.41) is 10.6. The van der Waals surface area contributed by atoms with Gasteiger partial charge >= 0.3 is 39.5 Å². The molecule has 0 radical (unpaired) electrons. The van der Waals surface area contributed by atoms with Gasteiger partial charge in [-0.3, -0.25) is 37.3 Å². The standard InChI is InChI=1S/C83H134O17P2/c1-5-9-13-17-21-25-29-32-35-37-38-40-43-45-49-52-56-60-64-68-81(86)94-74-79(100-83(88)70-66-62-58-54-50-46-41-34-31-27-23-19-15-11-7-3)76-98-102(91,92)96-72-77(84)71-95-101(89,90)97-75-78(99-82(87)69-65-61-57-53-47-28-24-20-16-12-8-4)73-93-80(85)67-63-59-55-51-48-44-42-39-36-33-30-26-22-18-14-10-6-2/h9-11,13-15,20-27,32-36,38,40-42,44,50-51,54-55,77-79,84H,5-8,12,16-19,28-31,37,39,43,45-49,52-53,56-76H2,1-4H3,(H,89,90)(H,91,92)/b13-9-,14-10-,15-11-,24-20-,25-21-,26-22-,27-23-,35-32-,36-33-,40-38-,41-34-,44-42-,54-50-,55-51-. The van der Waals surface area contributed by atoms with Crippen molar-refractivity contribution in [1.29, 1.82) is 0 Å². The van der Waals surface area contributed by atoms with E-state index in [9.17, 15) is 43.2 Å². The minimum atomic E-state index is -5.00. The number of unbranched alkanes of at least 4 members (excludes halogenated alkanes) is 16. The van der Waals surface area contributed by atoms with Crippen molar-refractivity contribution < 1.29 is 80.2 Å². The molecule has 0 saturated carbocycles. The number of allylic oxidation sites excluding steroid dienone is 28. The molecular formula is C83H134O17P2. The molecule has 0 aromatic carbocycles. The second kappa shape index (κ2) is 73.7. The van der Waals surface area contributed by atoms with Crippen LogP contribution in [0.3, 0.4) is 0 Å². The van der Waals surface area contributed by atoms with E-state index in [1.54, 1.807) is 0 Å². The molecule has 3 N–H and O–H groups in total. The highest BCUT2D eigenvalue weighted by Crippen LogP contribution is 2.45. The lowest BCUT2D eigenvalue weighted by molar-refractivity contribution is -0.161. The number of rotatable bonds is 70. The van der Waals surface area contributed by atoms with Crippen LogP contribution in [-0.2, 0) is 65.4 Å². The Labute approximate surface area is 616 Å². The molecule has 0 saturated heterocycles. The SMILES string of the molecule is CC/C=C\C/C=C\C/C=C\C/C=C\C/C=C\CCCC(=O)OCC(COP(=O)(O)OCC(O)COP(=O)(O)OCC(COC(=O)CCCCCCCC/C=C\C/C=C\C/C=C\C/C=C\CC)OC(=O)CCCC/C=C\C/C=C\C/C=C\C/C=C\CC)OC(=O)CCCCCCC/C=C\CCCC. The Morgan fingerprint density at radius 3 is 0.853 bits per heavy atom. The molecule has 0 aromatic heterocycles. The summed E-state index contributed by atoms with van der Waals surface area (Å²) in [7, 11) is -10.00. The number of hydrogen-bond acceptors (Lipinski definition) is 15. The molecule has 578 valence electrons. The fourth-order valence-corrected chi connectivity index (χ4v) is 11.0. The third kappa shape index (κ3) is 72.8. The molecule has 5 unspecified atom stereocenters. The second-order valence-corrected chi connectivity index (χ2v) is 27.7. The minimum Gasteiger partial charge on any atom is -0.462 e. The topological polar surface area (TPSA) is 237 Å². The van der Waals surface area contributed by atoms with E-state index >= 15 is 0 Å². The van der Waals surface area contributed by atoms with Crippen molar-refractivity contribution in [3.63, 3.8) is 0 Å². The molecule has 102 heavy (non-hydrogen) atoms. The van der Waals surface area contributed by atoms with Crippen molar-refractivity contribution in [3.8, 4) is 0 Å². The third-order valence-electron chi connectivity index (χ3n) is 15.2. The summed E-state index contributed by atoms with van der Waals surface area (Å²) in [5.74, 6) is -2.33. The first-order valence-electron chi connectivity index (χ1n) is 38.4. The number of esters is 4. The van der Waals surface area contributed by atoms with E-state index in [-0.39, 0.29) is 25.7 Å². The molecule has 0 aliphatic carbocycles. The molecule has 17 nitrogen and oxygen atoms in total. The van der Waals surface area contributed by atoms with E-state index in [4.69, 9.17) is 37.0 Å². The Bertz CT molecular complexity index is 2600. The lowest BCUT2D eigenvalue weighted by Gasteiger charge is -2.21. The smallest absolute Gasteiger partial charge is 0.462 e. The highest BCUT2D eigenvalue weighted by molar-refractivity contribution is 7.47. The Morgan fingerprint density at radius 1 is 0.284 bits per heavy atom. The third-order valence-corrected chi connectivity index (χ3v) is 17.1. The molecule has 0 rings (SSSR count). The number of hydrogen-bond donors (Lipinski definition) is 3. The van der Waals surface area contributed by atoms with Crippen molar-refractivity contribution in [2.24, 2.45) is 0 Å². The van der Waals surface area contributed by atoms with Crippen molar-refractivity contribution in [2.45, 2.75) is 290 Å². The lowest BCUT2D eigenvalue weighted by atomic mass is 10.1. The van der Waals surface area contributed by atoms with Gasteiger partial charge in [0.05, 0.1) is 26.4 Å². The first-order chi connectivity index (χ1) is 49.7. The molecule has 0 heterocycles. The number of phosphoric ester groups is 2. The van der Waals surface area contributed by atoms with Gasteiger partial charge in [0, 0.05) is 25.7 Å². The number of carbonyl (C=O) groups is 4. The molecule has 0 aliphatic heterocycles. The van der Waals surface area contributed by atoms with Crippen LogP contribution in [0, 0.1) is 0 Å². The summed E-state index contributed by atoms with van der Waals surface area (Å²) in [6, 6.07) is 0. The van der Waals surface area contributed by atoms with Gasteiger partial charge in [0.25, 0.3) is 0 Å².